The van der Waals surface area contributed by atoms with Crippen molar-refractivity contribution in [2.45, 2.75) is 0 Å². The number of nitrogens with one attached hydrogen (secondary N) is 1. The van der Waals surface area contributed by atoms with Gasteiger partial charge in [-0.15, -0.1) is 0 Å². The van der Waals surface area contributed by atoms with Gasteiger partial charge in [-0.2, -0.15) is 0 Å². The van der Waals surface area contributed by atoms with Gasteiger partial charge in [0.25, 0.3) is 0 Å². The number of rotatable bonds is 2. The number of aromatic nitrogens is 1. The summed E-state index contributed by atoms with van der Waals surface area (Å²) in [5.74, 6) is 0. The lowest BCUT2D eigenvalue weighted by Crippen LogP contribution is -1.83. The maximum atomic E-state index is 10.6. The molecular weight excluding hydrogens is 178 g/mol. The Hall–Kier alpha value is -2.03. The molecule has 0 saturated carbocycles. The summed E-state index contributed by atoms with van der Waals surface area (Å²) in [7, 11) is 0. The van der Waals surface area contributed by atoms with Crippen molar-refractivity contribution in [1.29, 1.82) is 0 Å². The van der Waals surface area contributed by atoms with Crippen LogP contribution in [0.2, 0.25) is 0 Å². The van der Waals surface area contributed by atoms with Gasteiger partial charge in [-0.05, 0) is 6.07 Å². The smallest absolute Gasteiger partial charge is 0.153 e. The maximum absolute atomic E-state index is 10.6. The van der Waals surface area contributed by atoms with Gasteiger partial charge in [0.05, 0.1) is 11.8 Å². The van der Waals surface area contributed by atoms with Crippen molar-refractivity contribution < 1.29 is 9.90 Å². The number of fused-ring (bicyclic) bond motifs is 1. The summed E-state index contributed by atoms with van der Waals surface area (Å²) in [6.45, 7) is 0. The second-order valence-corrected chi connectivity index (χ2v) is 2.95. The van der Waals surface area contributed by atoms with Crippen LogP contribution in [0.4, 0.5) is 0 Å². The Bertz CT molecular complexity index is 497. The number of hydrogen-bond acceptors (Lipinski definition) is 2. The third-order valence-electron chi connectivity index (χ3n) is 2.17. The fraction of sp³-hybridized carbons (Fsp3) is 0. The van der Waals surface area contributed by atoms with Crippen molar-refractivity contribution in [3.8, 4) is 0 Å². The number of aliphatic hydroxyl groups is 1. The zero-order chi connectivity index (χ0) is 9.97. The summed E-state index contributed by atoms with van der Waals surface area (Å²) >= 11 is 0. The van der Waals surface area contributed by atoms with E-state index < -0.39 is 0 Å². The average Bonchev–Trinajstić information content (AvgIpc) is 2.65. The van der Waals surface area contributed by atoms with Crippen LogP contribution in [0.15, 0.2) is 36.7 Å². The first-order chi connectivity index (χ1) is 6.86. The zero-order valence-corrected chi connectivity index (χ0v) is 7.40. The van der Waals surface area contributed by atoms with Gasteiger partial charge in [0.1, 0.15) is 0 Å². The Morgan fingerprint density at radius 1 is 1.36 bits per heavy atom. The largest absolute Gasteiger partial charge is 0.515 e. The molecule has 0 unspecified atom stereocenters. The normalized spacial score (nSPS) is 11.9. The van der Waals surface area contributed by atoms with E-state index in [1.165, 1.54) is 0 Å². The van der Waals surface area contributed by atoms with Crippen molar-refractivity contribution in [3.05, 3.63) is 42.3 Å². The summed E-state index contributed by atoms with van der Waals surface area (Å²) in [4.78, 5) is 13.7. The first kappa shape index (κ1) is 8.56. The molecule has 0 atom stereocenters. The van der Waals surface area contributed by atoms with Gasteiger partial charge in [-0.1, -0.05) is 18.2 Å². The molecule has 2 N–H and O–H groups in total. The van der Waals surface area contributed by atoms with E-state index in [0.29, 0.717) is 6.29 Å². The number of aliphatic hydroxyl groups excluding tert-OH is 1. The quantitative estimate of drug-likeness (QED) is 0.430. The van der Waals surface area contributed by atoms with E-state index in [9.17, 15) is 4.79 Å². The molecule has 1 aromatic carbocycles. The number of H-pyrrole nitrogens is 1. The van der Waals surface area contributed by atoms with E-state index in [4.69, 9.17) is 5.11 Å². The standard InChI is InChI=1S/C11H9NO2/c13-6-8(7-14)10-5-12-11-4-2-1-3-9(10)11/h1-7,12-13H/b8-6+. The van der Waals surface area contributed by atoms with Crippen molar-refractivity contribution in [2.75, 3.05) is 0 Å². The molecule has 0 aliphatic carbocycles. The van der Waals surface area contributed by atoms with Gasteiger partial charge in [-0.3, -0.25) is 4.79 Å². The van der Waals surface area contributed by atoms with Crippen LogP contribution in [-0.2, 0) is 4.79 Å². The van der Waals surface area contributed by atoms with Crippen LogP contribution in [-0.4, -0.2) is 16.4 Å². The van der Waals surface area contributed by atoms with E-state index in [-0.39, 0.29) is 5.57 Å². The molecule has 1 aromatic heterocycles. The molecule has 0 aliphatic heterocycles. The van der Waals surface area contributed by atoms with Gasteiger partial charge < -0.3 is 10.1 Å². The molecule has 0 radical (unpaired) electrons. The molecular formula is C11H9NO2. The van der Waals surface area contributed by atoms with Crippen molar-refractivity contribution in [2.24, 2.45) is 0 Å². The van der Waals surface area contributed by atoms with E-state index in [2.05, 4.69) is 4.98 Å². The topological polar surface area (TPSA) is 53.1 Å². The molecule has 3 heteroatoms. The summed E-state index contributed by atoms with van der Waals surface area (Å²) in [5, 5.41) is 9.78. The Kier molecular flexibility index (Phi) is 2.07. The van der Waals surface area contributed by atoms with Crippen molar-refractivity contribution in [1.82, 2.24) is 4.98 Å². The molecule has 0 spiro atoms. The first-order valence-corrected chi connectivity index (χ1v) is 4.23. The van der Waals surface area contributed by atoms with E-state index in [1.807, 2.05) is 24.3 Å². The van der Waals surface area contributed by atoms with Crippen molar-refractivity contribution >= 4 is 22.8 Å². The number of hydrogen-bond donors (Lipinski definition) is 2. The second-order valence-electron chi connectivity index (χ2n) is 2.95. The van der Waals surface area contributed by atoms with Gasteiger partial charge in [0.15, 0.2) is 6.29 Å². The van der Waals surface area contributed by atoms with Gasteiger partial charge in [0, 0.05) is 22.7 Å². The molecule has 0 amide bonds. The SMILES string of the molecule is O=C/C(=C\O)c1c[nH]c2ccccc12. The lowest BCUT2D eigenvalue weighted by molar-refractivity contribution is -0.103. The molecule has 3 nitrogen and oxygen atoms in total. The Morgan fingerprint density at radius 2 is 2.14 bits per heavy atom. The first-order valence-electron chi connectivity index (χ1n) is 4.23. The lowest BCUT2D eigenvalue weighted by Gasteiger charge is -1.94. The molecule has 2 aromatic rings. The molecule has 70 valence electrons. The van der Waals surface area contributed by atoms with Crippen LogP contribution in [0.3, 0.4) is 0 Å². The highest BCUT2D eigenvalue weighted by molar-refractivity contribution is 6.12. The summed E-state index contributed by atoms with van der Waals surface area (Å²) < 4.78 is 0. The van der Waals surface area contributed by atoms with E-state index in [0.717, 1.165) is 22.7 Å². The van der Waals surface area contributed by atoms with Crippen LogP contribution in [0.1, 0.15) is 5.56 Å². The minimum Gasteiger partial charge on any atom is -0.515 e. The van der Waals surface area contributed by atoms with Crippen LogP contribution in [0.25, 0.3) is 16.5 Å². The number of benzene rings is 1. The molecule has 0 fully saturated rings. The van der Waals surface area contributed by atoms with Gasteiger partial charge in [0.2, 0.25) is 0 Å². The Labute approximate surface area is 80.7 Å². The van der Waals surface area contributed by atoms with Crippen LogP contribution in [0.5, 0.6) is 0 Å². The van der Waals surface area contributed by atoms with E-state index >= 15 is 0 Å². The number of para-hydroxylation sites is 1. The molecule has 0 saturated heterocycles. The Morgan fingerprint density at radius 3 is 2.86 bits per heavy atom. The minimum absolute atomic E-state index is 0.280. The highest BCUT2D eigenvalue weighted by atomic mass is 16.2. The number of carbonyl (C=O) groups excluding carboxylic acids is 1. The van der Waals surface area contributed by atoms with Crippen LogP contribution >= 0.6 is 0 Å². The summed E-state index contributed by atoms with van der Waals surface area (Å²) in [5.41, 5.74) is 1.95. The molecule has 14 heavy (non-hydrogen) atoms. The highest BCUT2D eigenvalue weighted by Crippen LogP contribution is 2.22. The lowest BCUT2D eigenvalue weighted by atomic mass is 10.1. The van der Waals surface area contributed by atoms with Gasteiger partial charge in [-0.25, -0.2) is 0 Å². The van der Waals surface area contributed by atoms with Crippen LogP contribution in [0, 0.1) is 0 Å². The second kappa shape index (κ2) is 3.38. The fourth-order valence-electron chi connectivity index (χ4n) is 1.47. The van der Waals surface area contributed by atoms with Gasteiger partial charge >= 0.3 is 0 Å². The zero-order valence-electron chi connectivity index (χ0n) is 7.40. The summed E-state index contributed by atoms with van der Waals surface area (Å²) in [6.07, 6.45) is 3.17. The highest BCUT2D eigenvalue weighted by Gasteiger charge is 2.06. The number of allylic oxidation sites excluding steroid dienone is 1. The third-order valence-corrected chi connectivity index (χ3v) is 2.17. The van der Waals surface area contributed by atoms with Crippen molar-refractivity contribution in [3.63, 3.8) is 0 Å². The maximum Gasteiger partial charge on any atom is 0.153 e. The number of aldehydes is 1. The fourth-order valence-corrected chi connectivity index (χ4v) is 1.47. The molecule has 0 bridgehead atoms. The predicted octanol–water partition coefficient (Wildman–Crippen LogP) is 2.27. The predicted molar refractivity (Wildman–Crippen MR) is 55.0 cm³/mol. The minimum atomic E-state index is 0.280. The van der Waals surface area contributed by atoms with E-state index in [1.54, 1.807) is 6.20 Å². The molecule has 2 rings (SSSR count). The number of aromatic amines is 1. The average molecular weight is 187 g/mol. The molecule has 1 heterocycles. The number of carbonyl (C=O) groups is 1. The van der Waals surface area contributed by atoms with Crippen LogP contribution < -0.4 is 0 Å². The Balaban J connectivity index is 2.69. The third kappa shape index (κ3) is 1.19. The summed E-state index contributed by atoms with van der Waals surface area (Å²) in [6, 6.07) is 7.61. The monoisotopic (exact) mass is 187 g/mol. The molecule has 0 aliphatic rings.